The number of hydrogen-bond acceptors (Lipinski definition) is 4. The van der Waals surface area contributed by atoms with Crippen LogP contribution in [0, 0.1) is 0 Å². The number of aromatic nitrogens is 1. The van der Waals surface area contributed by atoms with Crippen LogP contribution in [0.25, 0.3) is 0 Å². The van der Waals surface area contributed by atoms with Crippen molar-refractivity contribution in [1.29, 1.82) is 0 Å². The minimum absolute atomic E-state index is 0.0871. The normalized spacial score (nSPS) is 15.4. The maximum absolute atomic E-state index is 13.6. The molecule has 1 aliphatic heterocycles. The summed E-state index contributed by atoms with van der Waals surface area (Å²) in [7, 11) is 0. The van der Waals surface area contributed by atoms with Gasteiger partial charge in [0.25, 0.3) is 0 Å². The van der Waals surface area contributed by atoms with Crippen LogP contribution in [-0.4, -0.2) is 46.9 Å². The summed E-state index contributed by atoms with van der Waals surface area (Å²) in [6.45, 7) is 10.7. The van der Waals surface area contributed by atoms with Gasteiger partial charge in [0, 0.05) is 37.0 Å². The van der Waals surface area contributed by atoms with Crippen molar-refractivity contribution in [2.24, 2.45) is 0 Å². The van der Waals surface area contributed by atoms with E-state index in [0.717, 1.165) is 54.6 Å². The van der Waals surface area contributed by atoms with Crippen molar-refractivity contribution in [3.05, 3.63) is 87.9 Å². The van der Waals surface area contributed by atoms with Crippen LogP contribution in [0.2, 0.25) is 0 Å². The molecule has 4 rings (SSSR count). The molecule has 1 saturated heterocycles. The Morgan fingerprint density at radius 3 is 1.97 bits per heavy atom. The monoisotopic (exact) mass is 433 g/mol. The van der Waals surface area contributed by atoms with E-state index < -0.39 is 0 Å². The minimum Gasteiger partial charge on any atom is -0.339 e. The molecular weight excluding hydrogens is 402 g/mol. The zero-order valence-corrected chi connectivity index (χ0v) is 19.4. The Labute approximate surface area is 189 Å². The molecular formula is C26H31N3OS. The van der Waals surface area contributed by atoms with E-state index >= 15 is 0 Å². The molecule has 0 spiro atoms. The first-order valence-corrected chi connectivity index (χ1v) is 11.9. The SMILES string of the molecule is CC(C)(C)c1csc(CN2CCN(C(=O)C(c3ccccc3)c3ccccc3)CC2)n1. The molecule has 31 heavy (non-hydrogen) atoms. The summed E-state index contributed by atoms with van der Waals surface area (Å²) in [6.07, 6.45) is 0. The number of benzene rings is 2. The van der Waals surface area contributed by atoms with E-state index in [1.54, 1.807) is 11.3 Å². The first kappa shape index (κ1) is 21.7. The fourth-order valence-corrected chi connectivity index (χ4v) is 5.06. The Balaban J connectivity index is 1.42. The van der Waals surface area contributed by atoms with E-state index in [9.17, 15) is 4.79 Å². The second-order valence-electron chi connectivity index (χ2n) is 9.23. The maximum Gasteiger partial charge on any atom is 0.234 e. The number of carbonyl (C=O) groups is 1. The molecule has 0 unspecified atom stereocenters. The molecule has 0 atom stereocenters. The van der Waals surface area contributed by atoms with Gasteiger partial charge in [-0.05, 0) is 11.1 Å². The molecule has 0 aliphatic carbocycles. The second kappa shape index (κ2) is 9.33. The molecule has 0 saturated carbocycles. The summed E-state index contributed by atoms with van der Waals surface area (Å²) in [5.41, 5.74) is 3.36. The first-order valence-electron chi connectivity index (χ1n) is 11.0. The smallest absolute Gasteiger partial charge is 0.234 e. The van der Waals surface area contributed by atoms with Crippen molar-refractivity contribution < 1.29 is 4.79 Å². The van der Waals surface area contributed by atoms with Gasteiger partial charge < -0.3 is 4.90 Å². The lowest BCUT2D eigenvalue weighted by atomic mass is 9.90. The molecule has 1 aromatic heterocycles. The lowest BCUT2D eigenvalue weighted by Crippen LogP contribution is -2.49. The van der Waals surface area contributed by atoms with Crippen LogP contribution in [-0.2, 0) is 16.8 Å². The van der Waals surface area contributed by atoms with Gasteiger partial charge in [-0.3, -0.25) is 9.69 Å². The van der Waals surface area contributed by atoms with Crippen LogP contribution in [0.15, 0.2) is 66.0 Å². The molecule has 1 amide bonds. The van der Waals surface area contributed by atoms with Gasteiger partial charge in [0.15, 0.2) is 0 Å². The third-order valence-corrected chi connectivity index (χ3v) is 6.71. The van der Waals surface area contributed by atoms with Crippen molar-refractivity contribution >= 4 is 17.2 Å². The van der Waals surface area contributed by atoms with E-state index in [4.69, 9.17) is 4.98 Å². The number of thiazole rings is 1. The summed E-state index contributed by atoms with van der Waals surface area (Å²) in [5, 5.41) is 3.34. The fourth-order valence-electron chi connectivity index (χ4n) is 4.00. The van der Waals surface area contributed by atoms with Crippen molar-refractivity contribution in [3.63, 3.8) is 0 Å². The molecule has 0 radical (unpaired) electrons. The third kappa shape index (κ3) is 5.23. The third-order valence-electron chi connectivity index (χ3n) is 5.88. The quantitative estimate of drug-likeness (QED) is 0.573. The average molecular weight is 434 g/mol. The summed E-state index contributed by atoms with van der Waals surface area (Å²) in [5.74, 6) is -0.0522. The van der Waals surface area contributed by atoms with Gasteiger partial charge in [0.05, 0.1) is 18.2 Å². The van der Waals surface area contributed by atoms with Crippen LogP contribution in [0.1, 0.15) is 48.5 Å². The van der Waals surface area contributed by atoms with E-state index in [0.29, 0.717) is 0 Å². The van der Waals surface area contributed by atoms with E-state index in [-0.39, 0.29) is 17.2 Å². The molecule has 1 fully saturated rings. The average Bonchev–Trinajstić information content (AvgIpc) is 3.25. The summed E-state index contributed by atoms with van der Waals surface area (Å²) in [6, 6.07) is 20.3. The zero-order chi connectivity index (χ0) is 21.8. The van der Waals surface area contributed by atoms with E-state index in [1.807, 2.05) is 41.3 Å². The first-order chi connectivity index (χ1) is 14.9. The summed E-state index contributed by atoms with van der Waals surface area (Å²) >= 11 is 1.74. The van der Waals surface area contributed by atoms with E-state index in [2.05, 4.69) is 55.3 Å². The van der Waals surface area contributed by atoms with Crippen molar-refractivity contribution in [2.45, 2.75) is 38.6 Å². The van der Waals surface area contributed by atoms with Crippen LogP contribution in [0.5, 0.6) is 0 Å². The highest BCUT2D eigenvalue weighted by molar-refractivity contribution is 7.09. The molecule has 4 nitrogen and oxygen atoms in total. The Bertz CT molecular complexity index is 947. The van der Waals surface area contributed by atoms with Crippen molar-refractivity contribution in [3.8, 4) is 0 Å². The van der Waals surface area contributed by atoms with Gasteiger partial charge in [0.2, 0.25) is 5.91 Å². The molecule has 5 heteroatoms. The van der Waals surface area contributed by atoms with Gasteiger partial charge in [-0.25, -0.2) is 4.98 Å². The number of carbonyl (C=O) groups excluding carboxylic acids is 1. The number of hydrogen-bond donors (Lipinski definition) is 0. The van der Waals surface area contributed by atoms with Crippen LogP contribution in [0.4, 0.5) is 0 Å². The zero-order valence-electron chi connectivity index (χ0n) is 18.6. The molecule has 0 bridgehead atoms. The van der Waals surface area contributed by atoms with Gasteiger partial charge in [-0.2, -0.15) is 0 Å². The number of nitrogens with zero attached hydrogens (tertiary/aromatic N) is 3. The number of amides is 1. The Hall–Kier alpha value is -2.50. The largest absolute Gasteiger partial charge is 0.339 e. The highest BCUT2D eigenvalue weighted by Crippen LogP contribution is 2.28. The summed E-state index contributed by atoms with van der Waals surface area (Å²) in [4.78, 5) is 22.9. The lowest BCUT2D eigenvalue weighted by molar-refractivity contribution is -0.133. The fraction of sp³-hybridized carbons (Fsp3) is 0.385. The van der Waals surface area contributed by atoms with Crippen LogP contribution >= 0.6 is 11.3 Å². The minimum atomic E-state index is -0.248. The molecule has 2 aromatic carbocycles. The van der Waals surface area contributed by atoms with Gasteiger partial charge in [-0.1, -0.05) is 81.4 Å². The second-order valence-corrected chi connectivity index (χ2v) is 10.2. The molecule has 162 valence electrons. The van der Waals surface area contributed by atoms with Gasteiger partial charge >= 0.3 is 0 Å². The predicted molar refractivity (Wildman–Crippen MR) is 127 cm³/mol. The molecule has 2 heterocycles. The van der Waals surface area contributed by atoms with E-state index in [1.165, 1.54) is 0 Å². The number of rotatable bonds is 5. The Morgan fingerprint density at radius 1 is 0.935 bits per heavy atom. The van der Waals surface area contributed by atoms with Crippen molar-refractivity contribution in [2.75, 3.05) is 26.2 Å². The van der Waals surface area contributed by atoms with Crippen molar-refractivity contribution in [1.82, 2.24) is 14.8 Å². The Morgan fingerprint density at radius 2 is 1.48 bits per heavy atom. The number of piperazine rings is 1. The standard InChI is InChI=1S/C26H31N3OS/c1-26(2,3)22-19-31-23(27-22)18-28-14-16-29(17-15-28)25(30)24(20-10-6-4-7-11-20)21-12-8-5-9-13-21/h4-13,19,24H,14-18H2,1-3H3. The predicted octanol–water partition coefficient (Wildman–Crippen LogP) is 4.92. The lowest BCUT2D eigenvalue weighted by Gasteiger charge is -2.36. The van der Waals surface area contributed by atoms with Crippen LogP contribution < -0.4 is 0 Å². The summed E-state index contributed by atoms with van der Waals surface area (Å²) < 4.78 is 0. The Kier molecular flexibility index (Phi) is 6.54. The highest BCUT2D eigenvalue weighted by atomic mass is 32.1. The molecule has 3 aromatic rings. The van der Waals surface area contributed by atoms with Gasteiger partial charge in [-0.15, -0.1) is 11.3 Å². The molecule has 0 N–H and O–H groups in total. The van der Waals surface area contributed by atoms with Crippen LogP contribution in [0.3, 0.4) is 0 Å². The molecule has 1 aliphatic rings. The van der Waals surface area contributed by atoms with Gasteiger partial charge in [0.1, 0.15) is 5.01 Å². The highest BCUT2D eigenvalue weighted by Gasteiger charge is 2.30. The topological polar surface area (TPSA) is 36.4 Å². The maximum atomic E-state index is 13.6.